The Hall–Kier alpha value is -2.56. The van der Waals surface area contributed by atoms with Gasteiger partial charge in [0.2, 0.25) is 26.7 Å². The van der Waals surface area contributed by atoms with Gasteiger partial charge in [-0.25, -0.2) is 13.4 Å². The second-order valence-corrected chi connectivity index (χ2v) is 8.92. The van der Waals surface area contributed by atoms with Crippen LogP contribution in [0.25, 0.3) is 11.4 Å². The molecule has 2 aromatic heterocycles. The molecule has 0 amide bonds. The molecule has 0 atom stereocenters. The molecule has 1 aliphatic heterocycles. The molecular weight excluding hydrogens is 406 g/mol. The third kappa shape index (κ3) is 3.84. The molecule has 0 aliphatic carbocycles. The van der Waals surface area contributed by atoms with Gasteiger partial charge in [0.15, 0.2) is 0 Å². The Morgan fingerprint density at radius 2 is 2.00 bits per heavy atom. The van der Waals surface area contributed by atoms with Crippen LogP contribution in [0.2, 0.25) is 5.02 Å². The smallest absolute Gasteiger partial charge is 0.256 e. The molecule has 0 bridgehead atoms. The zero-order chi connectivity index (χ0) is 19.9. The summed E-state index contributed by atoms with van der Waals surface area (Å²) in [4.78, 5) is 25.1. The Balaban J connectivity index is 1.51. The highest BCUT2D eigenvalue weighted by molar-refractivity contribution is 7.90. The van der Waals surface area contributed by atoms with E-state index in [9.17, 15) is 13.2 Å². The predicted octanol–water partition coefficient (Wildman–Crippen LogP) is 1.44. The average molecular weight is 422 g/mol. The highest BCUT2D eigenvalue weighted by atomic mass is 35.5. The number of sulfone groups is 1. The van der Waals surface area contributed by atoms with Crippen LogP contribution in [-0.4, -0.2) is 46.2 Å². The van der Waals surface area contributed by atoms with Crippen molar-refractivity contribution in [3.63, 3.8) is 0 Å². The molecule has 0 saturated heterocycles. The zero-order valence-corrected chi connectivity index (χ0v) is 16.4. The van der Waals surface area contributed by atoms with E-state index >= 15 is 0 Å². The Labute approximate surface area is 165 Å². The third-order valence-corrected chi connectivity index (χ3v) is 5.55. The largest absolute Gasteiger partial charge is 0.338 e. The van der Waals surface area contributed by atoms with Gasteiger partial charge in [0.05, 0.1) is 17.8 Å². The van der Waals surface area contributed by atoms with E-state index in [-0.39, 0.29) is 5.16 Å². The molecule has 0 radical (unpaired) electrons. The fourth-order valence-electron chi connectivity index (χ4n) is 3.00. The minimum atomic E-state index is -3.57. The van der Waals surface area contributed by atoms with Crippen LogP contribution in [0.5, 0.6) is 0 Å². The lowest BCUT2D eigenvalue weighted by Gasteiger charge is -2.26. The molecule has 0 fully saturated rings. The molecule has 4 rings (SSSR count). The summed E-state index contributed by atoms with van der Waals surface area (Å²) in [5, 5.41) is 4.30. The number of hydrogen-bond donors (Lipinski definition) is 1. The van der Waals surface area contributed by atoms with Crippen molar-refractivity contribution in [1.29, 1.82) is 0 Å². The summed E-state index contributed by atoms with van der Waals surface area (Å²) >= 11 is 5.88. The van der Waals surface area contributed by atoms with Gasteiger partial charge in [-0.15, -0.1) is 0 Å². The van der Waals surface area contributed by atoms with E-state index in [1.54, 1.807) is 24.3 Å². The van der Waals surface area contributed by atoms with Crippen LogP contribution in [0, 0.1) is 0 Å². The monoisotopic (exact) mass is 421 g/mol. The van der Waals surface area contributed by atoms with Crippen LogP contribution in [0.15, 0.2) is 38.7 Å². The molecule has 146 valence electrons. The number of nitrogens with zero attached hydrogens (tertiary/aromatic N) is 4. The first-order chi connectivity index (χ1) is 13.3. The number of nitrogens with one attached hydrogen (secondary N) is 1. The maximum Gasteiger partial charge on any atom is 0.256 e. The summed E-state index contributed by atoms with van der Waals surface area (Å²) in [5.41, 5.74) is 1.31. The van der Waals surface area contributed by atoms with Crippen molar-refractivity contribution in [1.82, 2.24) is 25.0 Å². The maximum atomic E-state index is 12.3. The number of benzene rings is 1. The summed E-state index contributed by atoms with van der Waals surface area (Å²) < 4.78 is 28.6. The van der Waals surface area contributed by atoms with Crippen LogP contribution >= 0.6 is 11.6 Å². The van der Waals surface area contributed by atoms with Gasteiger partial charge in [0.1, 0.15) is 0 Å². The lowest BCUT2D eigenvalue weighted by molar-refractivity contribution is 0.207. The van der Waals surface area contributed by atoms with E-state index in [0.717, 1.165) is 11.8 Å². The highest BCUT2D eigenvalue weighted by Gasteiger charge is 2.24. The van der Waals surface area contributed by atoms with Gasteiger partial charge in [0.25, 0.3) is 5.56 Å². The average Bonchev–Trinajstić information content (AvgIpc) is 3.10. The molecule has 1 N–H and O–H groups in total. The van der Waals surface area contributed by atoms with E-state index in [0.29, 0.717) is 54.1 Å². The first kappa shape index (κ1) is 18.8. The molecule has 3 aromatic rings. The molecule has 9 nitrogen and oxygen atoms in total. The molecule has 0 spiro atoms. The second kappa shape index (κ2) is 7.12. The topological polar surface area (TPSA) is 122 Å². The quantitative estimate of drug-likeness (QED) is 0.628. The highest BCUT2D eigenvalue weighted by Crippen LogP contribution is 2.21. The van der Waals surface area contributed by atoms with Gasteiger partial charge < -0.3 is 4.52 Å². The zero-order valence-electron chi connectivity index (χ0n) is 14.8. The summed E-state index contributed by atoms with van der Waals surface area (Å²) in [7, 11) is -3.57. The van der Waals surface area contributed by atoms with Gasteiger partial charge in [0, 0.05) is 36.4 Å². The molecule has 28 heavy (non-hydrogen) atoms. The molecule has 0 saturated carbocycles. The third-order valence-electron chi connectivity index (χ3n) is 4.41. The second-order valence-electron chi connectivity index (χ2n) is 6.55. The molecular formula is C17H16ClN5O4S. The first-order valence-corrected chi connectivity index (χ1v) is 10.7. The Kier molecular flexibility index (Phi) is 4.77. The lowest BCUT2D eigenvalue weighted by Crippen LogP contribution is -2.36. The summed E-state index contributed by atoms with van der Waals surface area (Å²) in [5.74, 6) is 0.881. The summed E-state index contributed by atoms with van der Waals surface area (Å²) in [6, 6.07) is 7.11. The fourth-order valence-corrected chi connectivity index (χ4v) is 3.68. The summed E-state index contributed by atoms with van der Waals surface area (Å²) in [6.07, 6.45) is 1.47. The van der Waals surface area contributed by atoms with E-state index in [4.69, 9.17) is 16.1 Å². The molecule has 0 unspecified atom stereocenters. The van der Waals surface area contributed by atoms with Gasteiger partial charge in [-0.3, -0.25) is 14.7 Å². The lowest BCUT2D eigenvalue weighted by atomic mass is 10.1. The standard InChI is InChI=1S/C17H16ClN5O4S/c1-28(25,26)17-19-13-6-7-23(8-12(13)16(24)21-17)9-14-20-15(22-27-14)10-2-4-11(18)5-3-10/h2-5H,6-9H2,1H3,(H,19,21,24). The number of fused-ring (bicyclic) bond motifs is 1. The van der Waals surface area contributed by atoms with Crippen molar-refractivity contribution < 1.29 is 12.9 Å². The molecule has 11 heteroatoms. The minimum absolute atomic E-state index is 0.297. The number of halogens is 1. The molecule has 1 aromatic carbocycles. The van der Waals surface area contributed by atoms with Crippen molar-refractivity contribution >= 4 is 21.4 Å². The van der Waals surface area contributed by atoms with Crippen LogP contribution in [-0.2, 0) is 29.3 Å². The number of rotatable bonds is 4. The molecule has 3 heterocycles. The molecule has 1 aliphatic rings. The SMILES string of the molecule is CS(=O)(=O)c1nc2c(c(=O)[nH]1)CN(Cc1nc(-c3ccc(Cl)cc3)no1)CC2. The number of aromatic nitrogens is 4. The van der Waals surface area contributed by atoms with Crippen molar-refractivity contribution in [3.05, 3.63) is 56.8 Å². The number of hydrogen-bond acceptors (Lipinski definition) is 8. The predicted molar refractivity (Wildman–Crippen MR) is 101 cm³/mol. The van der Waals surface area contributed by atoms with Gasteiger partial charge in [-0.1, -0.05) is 16.8 Å². The van der Waals surface area contributed by atoms with Crippen LogP contribution in [0.3, 0.4) is 0 Å². The van der Waals surface area contributed by atoms with E-state index in [2.05, 4.69) is 20.1 Å². The van der Waals surface area contributed by atoms with Gasteiger partial charge in [-0.2, -0.15) is 4.98 Å². The first-order valence-electron chi connectivity index (χ1n) is 8.42. The van der Waals surface area contributed by atoms with Crippen LogP contribution < -0.4 is 5.56 Å². The number of H-pyrrole nitrogens is 1. The maximum absolute atomic E-state index is 12.3. The normalized spacial score (nSPS) is 14.8. The number of aromatic amines is 1. The Bertz CT molecular complexity index is 1190. The Morgan fingerprint density at radius 3 is 2.71 bits per heavy atom. The minimum Gasteiger partial charge on any atom is -0.338 e. The van der Waals surface area contributed by atoms with Gasteiger partial charge >= 0.3 is 0 Å². The van der Waals surface area contributed by atoms with E-state index < -0.39 is 15.4 Å². The van der Waals surface area contributed by atoms with E-state index in [1.165, 1.54) is 0 Å². The van der Waals surface area contributed by atoms with Crippen molar-refractivity contribution in [2.75, 3.05) is 12.8 Å². The van der Waals surface area contributed by atoms with Crippen molar-refractivity contribution in [2.24, 2.45) is 0 Å². The van der Waals surface area contributed by atoms with Crippen LogP contribution in [0.4, 0.5) is 0 Å². The van der Waals surface area contributed by atoms with Crippen LogP contribution in [0.1, 0.15) is 17.1 Å². The fraction of sp³-hybridized carbons (Fsp3) is 0.294. The van der Waals surface area contributed by atoms with Gasteiger partial charge in [-0.05, 0) is 24.3 Å². The van der Waals surface area contributed by atoms with Crippen molar-refractivity contribution in [2.45, 2.75) is 24.7 Å². The summed E-state index contributed by atoms with van der Waals surface area (Å²) in [6.45, 7) is 1.28. The van der Waals surface area contributed by atoms with E-state index in [1.807, 2.05) is 4.90 Å². The van der Waals surface area contributed by atoms with Crippen molar-refractivity contribution in [3.8, 4) is 11.4 Å². The Morgan fingerprint density at radius 1 is 1.25 bits per heavy atom.